The second-order valence-electron chi connectivity index (χ2n) is 3.13. The predicted octanol–water partition coefficient (Wildman–Crippen LogP) is 4.04. The molecule has 0 radical (unpaired) electrons. The Bertz CT molecular complexity index is 347. The Hall–Kier alpha value is -0.150. The number of hydrogen-bond acceptors (Lipinski definition) is 1. The topological polar surface area (TPSA) is 17.1 Å². The molecule has 1 atom stereocenters. The first-order valence-electron chi connectivity index (χ1n) is 4.49. The van der Waals surface area contributed by atoms with E-state index in [2.05, 4.69) is 38.8 Å². The van der Waals surface area contributed by atoms with Gasteiger partial charge in [0.05, 0.1) is 4.83 Å². The molecule has 1 unspecified atom stereocenters. The molecular formula is C11H12Br2O. The van der Waals surface area contributed by atoms with Crippen molar-refractivity contribution in [1.29, 1.82) is 0 Å². The van der Waals surface area contributed by atoms with Gasteiger partial charge in [-0.05, 0) is 30.5 Å². The highest BCUT2D eigenvalue weighted by Crippen LogP contribution is 2.31. The first-order chi connectivity index (χ1) is 6.57. The maximum absolute atomic E-state index is 11.3. The van der Waals surface area contributed by atoms with Crippen LogP contribution >= 0.6 is 31.9 Å². The van der Waals surface area contributed by atoms with E-state index in [-0.39, 0.29) is 10.6 Å². The van der Waals surface area contributed by atoms with Crippen molar-refractivity contribution in [3.63, 3.8) is 0 Å². The van der Waals surface area contributed by atoms with Gasteiger partial charge in [0.25, 0.3) is 0 Å². The molecule has 0 aliphatic carbocycles. The molecule has 0 bridgehead atoms. The third-order valence-corrected chi connectivity index (χ3v) is 4.02. The summed E-state index contributed by atoms with van der Waals surface area (Å²) in [6.45, 7) is 3.68. The van der Waals surface area contributed by atoms with Gasteiger partial charge >= 0.3 is 0 Å². The van der Waals surface area contributed by atoms with Crippen LogP contribution in [0.1, 0.15) is 29.8 Å². The zero-order valence-electron chi connectivity index (χ0n) is 8.18. The SMILES string of the molecule is CCc1c(Br)cccc1C(Br)C(C)=O. The number of carbonyl (C=O) groups is 1. The van der Waals surface area contributed by atoms with Gasteiger partial charge in [-0.3, -0.25) is 4.79 Å². The van der Waals surface area contributed by atoms with Crippen molar-refractivity contribution in [3.05, 3.63) is 33.8 Å². The Morgan fingerprint density at radius 2 is 2.14 bits per heavy atom. The van der Waals surface area contributed by atoms with Crippen LogP contribution in [0.2, 0.25) is 0 Å². The fraction of sp³-hybridized carbons (Fsp3) is 0.364. The summed E-state index contributed by atoms with van der Waals surface area (Å²) in [6.07, 6.45) is 0.923. The number of carbonyl (C=O) groups excluding carboxylic acids is 1. The van der Waals surface area contributed by atoms with E-state index in [9.17, 15) is 4.79 Å². The molecule has 1 rings (SSSR count). The summed E-state index contributed by atoms with van der Waals surface area (Å²) in [5.74, 6) is 0.137. The summed E-state index contributed by atoms with van der Waals surface area (Å²) >= 11 is 6.90. The number of alkyl halides is 1. The highest BCUT2D eigenvalue weighted by molar-refractivity contribution is 9.10. The van der Waals surface area contributed by atoms with Gasteiger partial charge in [0, 0.05) is 4.47 Å². The van der Waals surface area contributed by atoms with Gasteiger partial charge in [-0.1, -0.05) is 50.9 Å². The summed E-state index contributed by atoms with van der Waals surface area (Å²) in [4.78, 5) is 11.1. The minimum absolute atomic E-state index is 0.137. The fourth-order valence-corrected chi connectivity index (χ4v) is 2.50. The molecule has 0 saturated carbocycles. The maximum atomic E-state index is 11.3. The molecule has 0 fully saturated rings. The molecule has 0 heterocycles. The van der Waals surface area contributed by atoms with E-state index in [0.717, 1.165) is 16.5 Å². The average Bonchev–Trinajstić information content (AvgIpc) is 2.16. The third kappa shape index (κ3) is 2.45. The average molecular weight is 320 g/mol. The van der Waals surface area contributed by atoms with Gasteiger partial charge in [0.1, 0.15) is 5.78 Å². The standard InChI is InChI=1S/C11H12Br2O/c1-3-8-9(11(13)7(2)14)5-4-6-10(8)12/h4-6,11H,3H2,1-2H3. The lowest BCUT2D eigenvalue weighted by atomic mass is 10.0. The van der Waals surface area contributed by atoms with Gasteiger partial charge in [-0.15, -0.1) is 0 Å². The molecule has 1 nitrogen and oxygen atoms in total. The molecule has 14 heavy (non-hydrogen) atoms. The molecular weight excluding hydrogens is 308 g/mol. The number of halogens is 2. The summed E-state index contributed by atoms with van der Waals surface area (Å²) in [7, 11) is 0. The van der Waals surface area contributed by atoms with Crippen LogP contribution in [0.4, 0.5) is 0 Å². The zero-order chi connectivity index (χ0) is 10.7. The summed E-state index contributed by atoms with van der Waals surface area (Å²) in [6, 6.07) is 5.95. The van der Waals surface area contributed by atoms with Crippen molar-refractivity contribution in [2.24, 2.45) is 0 Å². The van der Waals surface area contributed by atoms with E-state index in [4.69, 9.17) is 0 Å². The number of ketones is 1. The Kier molecular flexibility index (Phi) is 4.32. The summed E-state index contributed by atoms with van der Waals surface area (Å²) in [5.41, 5.74) is 2.26. The summed E-state index contributed by atoms with van der Waals surface area (Å²) in [5, 5.41) is 0. The monoisotopic (exact) mass is 318 g/mol. The van der Waals surface area contributed by atoms with Crippen molar-refractivity contribution in [1.82, 2.24) is 0 Å². The van der Waals surface area contributed by atoms with Crippen molar-refractivity contribution >= 4 is 37.6 Å². The predicted molar refractivity (Wildman–Crippen MR) is 65.9 cm³/mol. The normalized spacial score (nSPS) is 12.6. The Balaban J connectivity index is 3.20. The van der Waals surface area contributed by atoms with E-state index >= 15 is 0 Å². The lowest BCUT2D eigenvalue weighted by molar-refractivity contribution is -0.116. The van der Waals surface area contributed by atoms with Gasteiger partial charge in [0.15, 0.2) is 0 Å². The van der Waals surface area contributed by atoms with E-state index in [1.165, 1.54) is 5.56 Å². The maximum Gasteiger partial charge on any atom is 0.147 e. The minimum Gasteiger partial charge on any atom is -0.298 e. The Morgan fingerprint density at radius 3 is 2.64 bits per heavy atom. The van der Waals surface area contributed by atoms with E-state index in [1.54, 1.807) is 6.92 Å². The van der Waals surface area contributed by atoms with Gasteiger partial charge in [0.2, 0.25) is 0 Å². The molecule has 0 saturated heterocycles. The number of hydrogen-bond donors (Lipinski definition) is 0. The molecule has 0 aromatic heterocycles. The molecule has 0 amide bonds. The number of rotatable bonds is 3. The number of benzene rings is 1. The van der Waals surface area contributed by atoms with Gasteiger partial charge in [-0.2, -0.15) is 0 Å². The molecule has 0 aliphatic heterocycles. The smallest absolute Gasteiger partial charge is 0.147 e. The van der Waals surface area contributed by atoms with Crippen LogP contribution in [0.5, 0.6) is 0 Å². The molecule has 0 spiro atoms. The molecule has 1 aromatic rings. The van der Waals surface area contributed by atoms with Crippen LogP contribution in [-0.2, 0) is 11.2 Å². The van der Waals surface area contributed by atoms with Crippen molar-refractivity contribution in [2.75, 3.05) is 0 Å². The first kappa shape index (κ1) is 11.9. The highest BCUT2D eigenvalue weighted by Gasteiger charge is 2.16. The quantitative estimate of drug-likeness (QED) is 0.769. The molecule has 1 aromatic carbocycles. The lowest BCUT2D eigenvalue weighted by Gasteiger charge is -2.13. The molecule has 3 heteroatoms. The van der Waals surface area contributed by atoms with E-state index in [0.29, 0.717) is 0 Å². The molecule has 0 N–H and O–H groups in total. The van der Waals surface area contributed by atoms with Crippen LogP contribution < -0.4 is 0 Å². The van der Waals surface area contributed by atoms with Gasteiger partial charge in [-0.25, -0.2) is 0 Å². The zero-order valence-corrected chi connectivity index (χ0v) is 11.4. The van der Waals surface area contributed by atoms with Gasteiger partial charge < -0.3 is 0 Å². The summed E-state index contributed by atoms with van der Waals surface area (Å²) < 4.78 is 1.07. The van der Waals surface area contributed by atoms with Crippen LogP contribution in [0.3, 0.4) is 0 Å². The van der Waals surface area contributed by atoms with Crippen molar-refractivity contribution in [2.45, 2.75) is 25.1 Å². The highest BCUT2D eigenvalue weighted by atomic mass is 79.9. The third-order valence-electron chi connectivity index (χ3n) is 2.14. The Labute approximate surface area is 101 Å². The largest absolute Gasteiger partial charge is 0.298 e. The van der Waals surface area contributed by atoms with Crippen LogP contribution in [-0.4, -0.2) is 5.78 Å². The molecule has 0 aliphatic rings. The van der Waals surface area contributed by atoms with E-state index in [1.807, 2.05) is 18.2 Å². The minimum atomic E-state index is -0.185. The van der Waals surface area contributed by atoms with Crippen LogP contribution in [0.15, 0.2) is 22.7 Å². The number of Topliss-reactive ketones (excluding diaryl/α,β-unsaturated/α-hetero) is 1. The Morgan fingerprint density at radius 1 is 1.50 bits per heavy atom. The second kappa shape index (κ2) is 5.08. The second-order valence-corrected chi connectivity index (χ2v) is 4.90. The van der Waals surface area contributed by atoms with Crippen molar-refractivity contribution < 1.29 is 4.79 Å². The molecule has 76 valence electrons. The van der Waals surface area contributed by atoms with Crippen LogP contribution in [0, 0.1) is 0 Å². The lowest BCUT2D eigenvalue weighted by Crippen LogP contribution is -2.04. The van der Waals surface area contributed by atoms with Crippen molar-refractivity contribution in [3.8, 4) is 0 Å². The fourth-order valence-electron chi connectivity index (χ4n) is 1.40. The van der Waals surface area contributed by atoms with Crippen LogP contribution in [0.25, 0.3) is 0 Å². The van der Waals surface area contributed by atoms with E-state index < -0.39 is 0 Å². The first-order valence-corrected chi connectivity index (χ1v) is 6.20.